The third kappa shape index (κ3) is 4.38. The highest BCUT2D eigenvalue weighted by Gasteiger charge is 2.36. The maximum Gasteiger partial charge on any atom is 0.239 e. The van der Waals surface area contributed by atoms with Gasteiger partial charge in [-0.05, 0) is 53.0 Å². The van der Waals surface area contributed by atoms with Crippen LogP contribution in [0.2, 0.25) is 0 Å². The summed E-state index contributed by atoms with van der Waals surface area (Å²) in [5.41, 5.74) is -0.605. The lowest BCUT2D eigenvalue weighted by atomic mass is 9.91. The zero-order valence-electron chi connectivity index (χ0n) is 14.6. The number of carbonyl (C=O) groups excluding carboxylic acids is 2. The second-order valence-electron chi connectivity index (χ2n) is 6.56. The van der Waals surface area contributed by atoms with Crippen molar-refractivity contribution in [3.63, 3.8) is 0 Å². The van der Waals surface area contributed by atoms with Crippen molar-refractivity contribution in [3.05, 3.63) is 18.2 Å². The summed E-state index contributed by atoms with van der Waals surface area (Å²) in [6.07, 6.45) is 0.832. The predicted octanol–water partition coefficient (Wildman–Crippen LogP) is 1.45. The van der Waals surface area contributed by atoms with Crippen LogP contribution in [0.4, 0.5) is 5.69 Å². The number of carbonyl (C=O) groups is 2. The van der Waals surface area contributed by atoms with Crippen molar-refractivity contribution in [1.82, 2.24) is 10.2 Å². The van der Waals surface area contributed by atoms with Gasteiger partial charge in [-0.3, -0.25) is 9.59 Å². The van der Waals surface area contributed by atoms with E-state index >= 15 is 0 Å². The van der Waals surface area contributed by atoms with Crippen LogP contribution in [0, 0.1) is 5.41 Å². The van der Waals surface area contributed by atoms with Crippen LogP contribution in [0.25, 0.3) is 0 Å². The molecule has 2 N–H and O–H groups in total. The summed E-state index contributed by atoms with van der Waals surface area (Å²) < 4.78 is 10.5. The molecule has 2 amide bonds. The fourth-order valence-electron chi connectivity index (χ4n) is 2.18. The molecule has 0 saturated heterocycles. The summed E-state index contributed by atoms with van der Waals surface area (Å²) in [6.45, 7) is 4.81. The minimum atomic E-state index is -1.17. The quantitative estimate of drug-likeness (QED) is 0.582. The number of anilines is 1. The smallest absolute Gasteiger partial charge is 0.239 e. The molecule has 7 nitrogen and oxygen atoms in total. The van der Waals surface area contributed by atoms with Crippen LogP contribution in [-0.2, 0) is 9.59 Å². The molecule has 7 heteroatoms. The van der Waals surface area contributed by atoms with Crippen molar-refractivity contribution >= 4 is 17.5 Å². The first-order valence-corrected chi connectivity index (χ1v) is 7.95. The lowest BCUT2D eigenvalue weighted by molar-refractivity contribution is -0.138. The molecule has 0 atom stereocenters. The van der Waals surface area contributed by atoms with Gasteiger partial charge in [-0.2, -0.15) is 0 Å². The number of nitrogens with one attached hydrogen (secondary N) is 2. The van der Waals surface area contributed by atoms with Gasteiger partial charge in [-0.15, -0.1) is 0 Å². The maximum atomic E-state index is 12.5. The Morgan fingerprint density at radius 2 is 1.88 bits per heavy atom. The van der Waals surface area contributed by atoms with Gasteiger partial charge in [0.05, 0.1) is 0 Å². The number of hydrogen-bond acceptors (Lipinski definition) is 5. The highest BCUT2D eigenvalue weighted by molar-refractivity contribution is 6.09. The monoisotopic (exact) mass is 335 g/mol. The number of ether oxygens (including phenoxy) is 2. The van der Waals surface area contributed by atoms with Crippen LogP contribution in [-0.4, -0.2) is 50.7 Å². The molecule has 24 heavy (non-hydrogen) atoms. The van der Waals surface area contributed by atoms with E-state index in [1.165, 1.54) is 0 Å². The fraction of sp³-hybridized carbons (Fsp3) is 0.529. The molecular weight excluding hydrogens is 310 g/mol. The predicted molar refractivity (Wildman–Crippen MR) is 91.2 cm³/mol. The van der Waals surface area contributed by atoms with Crippen LogP contribution in [0.5, 0.6) is 11.5 Å². The van der Waals surface area contributed by atoms with Gasteiger partial charge < -0.3 is 25.0 Å². The first-order valence-electron chi connectivity index (χ1n) is 7.95. The summed E-state index contributed by atoms with van der Waals surface area (Å²) in [5.74, 6) is 0.565. The van der Waals surface area contributed by atoms with E-state index in [0.29, 0.717) is 23.7 Å². The van der Waals surface area contributed by atoms with Gasteiger partial charge >= 0.3 is 0 Å². The van der Waals surface area contributed by atoms with Crippen molar-refractivity contribution in [2.75, 3.05) is 39.3 Å². The SMILES string of the molecule is CN(C)CCCNC(=O)C(C)(C)C(=O)Nc1ccc2c(c1)OCO2. The zero-order valence-corrected chi connectivity index (χ0v) is 14.6. The topological polar surface area (TPSA) is 79.9 Å². The third-order valence-electron chi connectivity index (χ3n) is 3.83. The van der Waals surface area contributed by atoms with E-state index in [1.54, 1.807) is 32.0 Å². The Morgan fingerprint density at radius 1 is 1.17 bits per heavy atom. The van der Waals surface area contributed by atoms with Crippen molar-refractivity contribution in [1.29, 1.82) is 0 Å². The van der Waals surface area contributed by atoms with Crippen LogP contribution in [0.3, 0.4) is 0 Å². The molecule has 2 rings (SSSR count). The Hall–Kier alpha value is -2.28. The lowest BCUT2D eigenvalue weighted by Crippen LogP contribution is -2.45. The molecule has 132 valence electrons. The van der Waals surface area contributed by atoms with Crippen LogP contribution in [0.1, 0.15) is 20.3 Å². The minimum absolute atomic E-state index is 0.174. The van der Waals surface area contributed by atoms with Crippen molar-refractivity contribution in [2.45, 2.75) is 20.3 Å². The number of fused-ring (bicyclic) bond motifs is 1. The van der Waals surface area contributed by atoms with Crippen LogP contribution < -0.4 is 20.1 Å². The Bertz CT molecular complexity index is 614. The molecule has 0 spiro atoms. The summed E-state index contributed by atoms with van der Waals surface area (Å²) in [7, 11) is 3.95. The molecule has 0 bridgehead atoms. The summed E-state index contributed by atoms with van der Waals surface area (Å²) in [6, 6.07) is 5.13. The van der Waals surface area contributed by atoms with Gasteiger partial charge in [0.1, 0.15) is 5.41 Å². The molecule has 1 aliphatic rings. The van der Waals surface area contributed by atoms with Gasteiger partial charge in [0, 0.05) is 18.3 Å². The van der Waals surface area contributed by atoms with E-state index in [0.717, 1.165) is 13.0 Å². The minimum Gasteiger partial charge on any atom is -0.454 e. The average molecular weight is 335 g/mol. The molecule has 0 unspecified atom stereocenters. The van der Waals surface area contributed by atoms with Crippen LogP contribution in [0.15, 0.2) is 18.2 Å². The van der Waals surface area contributed by atoms with E-state index in [-0.39, 0.29) is 18.6 Å². The number of nitrogens with zero attached hydrogens (tertiary/aromatic N) is 1. The maximum absolute atomic E-state index is 12.5. The third-order valence-corrected chi connectivity index (χ3v) is 3.83. The second-order valence-corrected chi connectivity index (χ2v) is 6.56. The van der Waals surface area contributed by atoms with E-state index in [9.17, 15) is 9.59 Å². The summed E-state index contributed by atoms with van der Waals surface area (Å²) in [5, 5.41) is 5.57. The molecule has 0 aromatic heterocycles. The molecule has 0 saturated carbocycles. The molecule has 1 aromatic rings. The number of amides is 2. The Morgan fingerprint density at radius 3 is 2.58 bits per heavy atom. The van der Waals surface area contributed by atoms with Gasteiger partial charge in [0.15, 0.2) is 11.5 Å². The standard InChI is InChI=1S/C17H25N3O4/c1-17(2,15(21)18-8-5-9-20(3)4)16(22)19-12-6-7-13-14(10-12)24-11-23-13/h6-7,10H,5,8-9,11H2,1-4H3,(H,18,21)(H,19,22). The van der Waals surface area contributed by atoms with Gasteiger partial charge in [0.25, 0.3) is 0 Å². The highest BCUT2D eigenvalue weighted by atomic mass is 16.7. The second kappa shape index (κ2) is 7.53. The fourth-order valence-corrected chi connectivity index (χ4v) is 2.18. The molecule has 1 aromatic carbocycles. The Labute approximate surface area is 142 Å². The van der Waals surface area contributed by atoms with Crippen molar-refractivity contribution < 1.29 is 19.1 Å². The summed E-state index contributed by atoms with van der Waals surface area (Å²) in [4.78, 5) is 26.8. The van der Waals surface area contributed by atoms with Gasteiger partial charge in [-0.1, -0.05) is 0 Å². The number of benzene rings is 1. The molecule has 0 radical (unpaired) electrons. The van der Waals surface area contributed by atoms with Crippen molar-refractivity contribution in [2.24, 2.45) is 5.41 Å². The molecule has 0 aliphatic carbocycles. The van der Waals surface area contributed by atoms with Crippen molar-refractivity contribution in [3.8, 4) is 11.5 Å². The lowest BCUT2D eigenvalue weighted by Gasteiger charge is -2.23. The zero-order chi connectivity index (χ0) is 17.7. The number of hydrogen-bond donors (Lipinski definition) is 2. The highest BCUT2D eigenvalue weighted by Crippen LogP contribution is 2.34. The molecule has 1 aliphatic heterocycles. The van der Waals surface area contributed by atoms with E-state index in [1.807, 2.05) is 19.0 Å². The average Bonchev–Trinajstić information content (AvgIpc) is 2.98. The summed E-state index contributed by atoms with van der Waals surface area (Å²) >= 11 is 0. The normalized spacial score (nSPS) is 13.0. The van der Waals surface area contributed by atoms with E-state index in [4.69, 9.17) is 9.47 Å². The Balaban J connectivity index is 1.90. The molecule has 1 heterocycles. The first kappa shape index (κ1) is 18.1. The Kier molecular flexibility index (Phi) is 5.66. The first-order chi connectivity index (χ1) is 11.3. The number of rotatable bonds is 7. The van der Waals surface area contributed by atoms with Crippen LogP contribution >= 0.6 is 0 Å². The molecular formula is C17H25N3O4. The van der Waals surface area contributed by atoms with E-state index in [2.05, 4.69) is 10.6 Å². The molecule has 0 fully saturated rings. The van der Waals surface area contributed by atoms with Gasteiger partial charge in [-0.25, -0.2) is 0 Å². The van der Waals surface area contributed by atoms with Gasteiger partial charge in [0.2, 0.25) is 18.6 Å². The van der Waals surface area contributed by atoms with E-state index < -0.39 is 5.41 Å². The largest absolute Gasteiger partial charge is 0.454 e.